The van der Waals surface area contributed by atoms with Gasteiger partial charge in [0.2, 0.25) is 5.82 Å². The van der Waals surface area contributed by atoms with Gasteiger partial charge in [0.1, 0.15) is 11.6 Å². The van der Waals surface area contributed by atoms with E-state index >= 15 is 0 Å². The van der Waals surface area contributed by atoms with Gasteiger partial charge in [0.15, 0.2) is 0 Å². The molecule has 1 amide bonds. The van der Waals surface area contributed by atoms with Gasteiger partial charge in [-0.25, -0.2) is 4.98 Å². The highest BCUT2D eigenvalue weighted by Crippen LogP contribution is 2.19. The minimum atomic E-state index is -0.316. The van der Waals surface area contributed by atoms with Gasteiger partial charge in [-0.2, -0.15) is 0 Å². The number of hydrogen-bond acceptors (Lipinski definition) is 4. The molecule has 0 radical (unpaired) electrons. The summed E-state index contributed by atoms with van der Waals surface area (Å²) >= 11 is 0. The van der Waals surface area contributed by atoms with Crippen LogP contribution in [0.15, 0.2) is 24.3 Å². The number of aromatic nitrogens is 3. The number of hydrogen-bond donors (Lipinski definition) is 2. The van der Waals surface area contributed by atoms with Gasteiger partial charge in [0.25, 0.3) is 5.91 Å². The lowest BCUT2D eigenvalue weighted by Gasteiger charge is -2.15. The zero-order chi connectivity index (χ0) is 13.8. The normalized spacial score (nSPS) is 10.4. The largest absolute Gasteiger partial charge is 0.508 e. The van der Waals surface area contributed by atoms with Crippen LogP contribution in [0.5, 0.6) is 5.75 Å². The minimum absolute atomic E-state index is 0.110. The highest BCUT2D eigenvalue weighted by atomic mass is 16.3. The molecule has 0 unspecified atom stereocenters. The maximum atomic E-state index is 12.2. The predicted octanol–water partition coefficient (Wildman–Crippen LogP) is 1.74. The van der Waals surface area contributed by atoms with Gasteiger partial charge in [0.05, 0.1) is 0 Å². The summed E-state index contributed by atoms with van der Waals surface area (Å²) in [4.78, 5) is 17.7. The number of aromatic amines is 1. The second-order valence-corrected chi connectivity index (χ2v) is 4.24. The average Bonchev–Trinajstić information content (AvgIpc) is 2.86. The van der Waals surface area contributed by atoms with E-state index in [4.69, 9.17) is 0 Å². The van der Waals surface area contributed by atoms with Gasteiger partial charge in [-0.1, -0.05) is 13.0 Å². The Labute approximate surface area is 111 Å². The first-order chi connectivity index (χ1) is 9.11. The number of nitrogens with zero attached hydrogens (tertiary/aromatic N) is 3. The number of aromatic hydroxyl groups is 1. The van der Waals surface area contributed by atoms with E-state index in [1.54, 1.807) is 25.2 Å². The summed E-state index contributed by atoms with van der Waals surface area (Å²) in [6, 6.07) is 6.47. The Morgan fingerprint density at radius 1 is 1.47 bits per heavy atom. The second-order valence-electron chi connectivity index (χ2n) is 4.24. The van der Waals surface area contributed by atoms with Crippen molar-refractivity contribution in [1.82, 2.24) is 15.2 Å². The first kappa shape index (κ1) is 13.1. The van der Waals surface area contributed by atoms with Crippen LogP contribution >= 0.6 is 0 Å². The summed E-state index contributed by atoms with van der Waals surface area (Å²) in [6.45, 7) is 2.03. The van der Waals surface area contributed by atoms with Crippen LogP contribution in [0.2, 0.25) is 0 Å². The molecular weight excluding hydrogens is 244 g/mol. The first-order valence-corrected chi connectivity index (χ1v) is 6.10. The molecule has 6 nitrogen and oxygen atoms in total. The molecule has 2 rings (SSSR count). The van der Waals surface area contributed by atoms with Gasteiger partial charge in [-0.15, -0.1) is 5.10 Å². The Hall–Kier alpha value is -2.37. The molecule has 19 heavy (non-hydrogen) atoms. The SMILES string of the molecule is CCCc1nc(C(=O)N(C)c2cccc(O)c2)n[nH]1. The van der Waals surface area contributed by atoms with Gasteiger partial charge >= 0.3 is 0 Å². The quantitative estimate of drug-likeness (QED) is 0.877. The van der Waals surface area contributed by atoms with E-state index in [0.29, 0.717) is 11.5 Å². The number of rotatable bonds is 4. The van der Waals surface area contributed by atoms with Crippen LogP contribution in [-0.4, -0.2) is 33.2 Å². The van der Waals surface area contributed by atoms with Crippen molar-refractivity contribution in [2.45, 2.75) is 19.8 Å². The highest BCUT2D eigenvalue weighted by Gasteiger charge is 2.18. The summed E-state index contributed by atoms with van der Waals surface area (Å²) < 4.78 is 0. The van der Waals surface area contributed by atoms with Crippen molar-refractivity contribution in [3.63, 3.8) is 0 Å². The molecule has 0 aliphatic carbocycles. The smallest absolute Gasteiger partial charge is 0.297 e. The first-order valence-electron chi connectivity index (χ1n) is 6.10. The Morgan fingerprint density at radius 3 is 2.95 bits per heavy atom. The van der Waals surface area contributed by atoms with Crippen LogP contribution in [0, 0.1) is 0 Å². The summed E-state index contributed by atoms with van der Waals surface area (Å²) in [6.07, 6.45) is 1.70. The van der Waals surface area contributed by atoms with Crippen molar-refractivity contribution in [2.24, 2.45) is 0 Å². The van der Waals surface area contributed by atoms with Gasteiger partial charge < -0.3 is 10.0 Å². The van der Waals surface area contributed by atoms with Crippen LogP contribution < -0.4 is 4.90 Å². The molecule has 1 heterocycles. The second kappa shape index (κ2) is 5.51. The lowest BCUT2D eigenvalue weighted by Crippen LogP contribution is -2.27. The third kappa shape index (κ3) is 2.90. The fourth-order valence-electron chi connectivity index (χ4n) is 1.71. The topological polar surface area (TPSA) is 82.1 Å². The number of aryl methyl sites for hydroxylation is 1. The molecule has 0 aliphatic rings. The molecule has 0 saturated heterocycles. The maximum Gasteiger partial charge on any atom is 0.297 e. The summed E-state index contributed by atoms with van der Waals surface area (Å²) in [5.74, 6) is 0.632. The van der Waals surface area contributed by atoms with Crippen LogP contribution in [0.25, 0.3) is 0 Å². The van der Waals surface area contributed by atoms with E-state index < -0.39 is 0 Å². The molecule has 0 saturated carbocycles. The van der Waals surface area contributed by atoms with E-state index in [2.05, 4.69) is 15.2 Å². The third-order valence-corrected chi connectivity index (χ3v) is 2.73. The summed E-state index contributed by atoms with van der Waals surface area (Å²) in [5, 5.41) is 16.1. The molecule has 100 valence electrons. The lowest BCUT2D eigenvalue weighted by atomic mass is 10.2. The Morgan fingerprint density at radius 2 is 2.26 bits per heavy atom. The minimum Gasteiger partial charge on any atom is -0.508 e. The molecule has 0 atom stereocenters. The van der Waals surface area contributed by atoms with Crippen molar-refractivity contribution >= 4 is 11.6 Å². The molecule has 0 spiro atoms. The van der Waals surface area contributed by atoms with Crippen LogP contribution in [0.4, 0.5) is 5.69 Å². The Kier molecular flexibility index (Phi) is 3.79. The Balaban J connectivity index is 2.18. The fraction of sp³-hybridized carbons (Fsp3) is 0.308. The molecular formula is C13H16N4O2. The number of H-pyrrole nitrogens is 1. The average molecular weight is 260 g/mol. The summed E-state index contributed by atoms with van der Waals surface area (Å²) in [5.41, 5.74) is 0.590. The fourth-order valence-corrected chi connectivity index (χ4v) is 1.71. The molecule has 0 fully saturated rings. The van der Waals surface area contributed by atoms with E-state index in [1.807, 2.05) is 6.92 Å². The van der Waals surface area contributed by atoms with Crippen molar-refractivity contribution in [1.29, 1.82) is 0 Å². The lowest BCUT2D eigenvalue weighted by molar-refractivity contribution is 0.0983. The van der Waals surface area contributed by atoms with Crippen molar-refractivity contribution in [3.8, 4) is 5.75 Å². The number of phenols is 1. The summed E-state index contributed by atoms with van der Waals surface area (Å²) in [7, 11) is 1.62. The predicted molar refractivity (Wildman–Crippen MR) is 71.2 cm³/mol. The van der Waals surface area contributed by atoms with E-state index in [9.17, 15) is 9.90 Å². The zero-order valence-electron chi connectivity index (χ0n) is 10.9. The van der Waals surface area contributed by atoms with Crippen LogP contribution in [0.1, 0.15) is 29.8 Å². The van der Waals surface area contributed by atoms with Crippen LogP contribution in [-0.2, 0) is 6.42 Å². The van der Waals surface area contributed by atoms with Gasteiger partial charge in [-0.05, 0) is 18.6 Å². The molecule has 1 aromatic carbocycles. The number of amides is 1. The monoisotopic (exact) mass is 260 g/mol. The standard InChI is InChI=1S/C13H16N4O2/c1-3-5-11-14-12(16-15-11)13(19)17(2)9-6-4-7-10(18)8-9/h4,6-8,18H,3,5H2,1-2H3,(H,14,15,16). The van der Waals surface area contributed by atoms with Gasteiger partial charge in [0, 0.05) is 25.2 Å². The van der Waals surface area contributed by atoms with E-state index in [1.165, 1.54) is 11.0 Å². The number of nitrogens with one attached hydrogen (secondary N) is 1. The third-order valence-electron chi connectivity index (χ3n) is 2.73. The van der Waals surface area contributed by atoms with Crippen LogP contribution in [0.3, 0.4) is 0 Å². The van der Waals surface area contributed by atoms with Crippen molar-refractivity contribution < 1.29 is 9.90 Å². The zero-order valence-corrected chi connectivity index (χ0v) is 10.9. The van der Waals surface area contributed by atoms with Crippen molar-refractivity contribution in [2.75, 3.05) is 11.9 Å². The number of carbonyl (C=O) groups excluding carboxylic acids is 1. The molecule has 0 aliphatic heterocycles. The highest BCUT2D eigenvalue weighted by molar-refractivity contribution is 6.03. The molecule has 6 heteroatoms. The number of benzene rings is 1. The van der Waals surface area contributed by atoms with E-state index in [0.717, 1.165) is 12.8 Å². The number of phenolic OH excluding ortho intramolecular Hbond substituents is 1. The number of anilines is 1. The molecule has 1 aromatic heterocycles. The van der Waals surface area contributed by atoms with Gasteiger partial charge in [-0.3, -0.25) is 9.89 Å². The molecule has 2 aromatic rings. The Bertz CT molecular complexity index is 580. The van der Waals surface area contributed by atoms with Crippen molar-refractivity contribution in [3.05, 3.63) is 35.9 Å². The van der Waals surface area contributed by atoms with E-state index in [-0.39, 0.29) is 17.5 Å². The maximum absolute atomic E-state index is 12.2. The molecule has 2 N–H and O–H groups in total. The number of carbonyl (C=O) groups is 1. The molecule has 0 bridgehead atoms.